The standard InChI is InChI=1S/C7H10N2O2S2/c1-9-13(10,11)5-2-3-7(12)6(8)4-5/h2-4,9,12H,8H2,1H3. The fourth-order valence-corrected chi connectivity index (χ4v) is 1.72. The molecule has 0 bridgehead atoms. The minimum atomic E-state index is -3.40. The molecule has 0 saturated carbocycles. The molecule has 1 rings (SSSR count). The van der Waals surface area contributed by atoms with E-state index >= 15 is 0 Å². The molecule has 0 aromatic heterocycles. The maximum atomic E-state index is 11.3. The second kappa shape index (κ2) is 3.57. The predicted molar refractivity (Wildman–Crippen MR) is 54.4 cm³/mol. The number of rotatable bonds is 2. The molecule has 3 N–H and O–H groups in total. The van der Waals surface area contributed by atoms with E-state index < -0.39 is 10.0 Å². The Balaban J connectivity index is 3.27. The number of anilines is 1. The van der Waals surface area contributed by atoms with E-state index in [0.717, 1.165) is 0 Å². The second-order valence-corrected chi connectivity index (χ2v) is 4.80. The van der Waals surface area contributed by atoms with Gasteiger partial charge in [0.05, 0.1) is 4.90 Å². The van der Waals surface area contributed by atoms with Gasteiger partial charge in [0.15, 0.2) is 0 Å². The molecule has 0 unspecified atom stereocenters. The summed E-state index contributed by atoms with van der Waals surface area (Å²) < 4.78 is 24.7. The van der Waals surface area contributed by atoms with Crippen LogP contribution >= 0.6 is 12.6 Å². The molecule has 0 fully saturated rings. The van der Waals surface area contributed by atoms with Crippen molar-refractivity contribution in [1.29, 1.82) is 0 Å². The minimum absolute atomic E-state index is 0.144. The van der Waals surface area contributed by atoms with Crippen molar-refractivity contribution >= 4 is 28.3 Å². The van der Waals surface area contributed by atoms with Crippen LogP contribution in [0.2, 0.25) is 0 Å². The molecule has 72 valence electrons. The Kier molecular flexibility index (Phi) is 2.84. The highest BCUT2D eigenvalue weighted by Gasteiger charge is 2.11. The molecule has 6 heteroatoms. The molecule has 0 aliphatic heterocycles. The van der Waals surface area contributed by atoms with E-state index in [0.29, 0.717) is 10.6 Å². The van der Waals surface area contributed by atoms with Crippen LogP contribution in [0.1, 0.15) is 0 Å². The van der Waals surface area contributed by atoms with E-state index in [-0.39, 0.29) is 4.90 Å². The number of benzene rings is 1. The van der Waals surface area contributed by atoms with Crippen molar-refractivity contribution in [3.63, 3.8) is 0 Å². The van der Waals surface area contributed by atoms with Crippen molar-refractivity contribution in [2.75, 3.05) is 12.8 Å². The summed E-state index contributed by atoms with van der Waals surface area (Å²) in [6, 6.07) is 4.36. The van der Waals surface area contributed by atoms with Crippen LogP contribution in [0.15, 0.2) is 28.0 Å². The van der Waals surface area contributed by atoms with Gasteiger partial charge in [-0.25, -0.2) is 13.1 Å². The zero-order chi connectivity index (χ0) is 10.1. The van der Waals surface area contributed by atoms with Crippen LogP contribution in [-0.2, 0) is 10.0 Å². The molecular weight excluding hydrogens is 208 g/mol. The van der Waals surface area contributed by atoms with Gasteiger partial charge < -0.3 is 5.73 Å². The van der Waals surface area contributed by atoms with Crippen molar-refractivity contribution in [3.05, 3.63) is 18.2 Å². The van der Waals surface area contributed by atoms with Crippen molar-refractivity contribution < 1.29 is 8.42 Å². The first kappa shape index (κ1) is 10.4. The summed E-state index contributed by atoms with van der Waals surface area (Å²) in [6.07, 6.45) is 0. The van der Waals surface area contributed by atoms with E-state index in [2.05, 4.69) is 17.4 Å². The first-order valence-corrected chi connectivity index (χ1v) is 5.42. The monoisotopic (exact) mass is 218 g/mol. The van der Waals surface area contributed by atoms with Crippen LogP contribution in [0.3, 0.4) is 0 Å². The number of nitrogen functional groups attached to an aromatic ring is 1. The summed E-state index contributed by atoms with van der Waals surface area (Å²) in [5, 5.41) is 0. The van der Waals surface area contributed by atoms with E-state index in [1.807, 2.05) is 0 Å². The molecule has 0 heterocycles. The third-order valence-electron chi connectivity index (χ3n) is 1.58. The maximum Gasteiger partial charge on any atom is 0.240 e. The lowest BCUT2D eigenvalue weighted by atomic mass is 10.3. The number of nitrogens with two attached hydrogens (primary N) is 1. The number of hydrogen-bond acceptors (Lipinski definition) is 4. The zero-order valence-corrected chi connectivity index (χ0v) is 8.69. The van der Waals surface area contributed by atoms with Crippen LogP contribution in [0, 0.1) is 0 Å². The van der Waals surface area contributed by atoms with Crippen molar-refractivity contribution in [2.45, 2.75) is 9.79 Å². The molecule has 0 spiro atoms. The average molecular weight is 218 g/mol. The summed E-state index contributed by atoms with van der Waals surface area (Å²) in [4.78, 5) is 0.709. The SMILES string of the molecule is CNS(=O)(=O)c1ccc(S)c(N)c1. The Morgan fingerprint density at radius 2 is 2.08 bits per heavy atom. The lowest BCUT2D eigenvalue weighted by molar-refractivity contribution is 0.588. The van der Waals surface area contributed by atoms with Gasteiger partial charge in [0.25, 0.3) is 0 Å². The number of sulfonamides is 1. The van der Waals surface area contributed by atoms with Gasteiger partial charge in [0.1, 0.15) is 0 Å². The highest BCUT2D eigenvalue weighted by Crippen LogP contribution is 2.20. The minimum Gasteiger partial charge on any atom is -0.398 e. The van der Waals surface area contributed by atoms with Crippen LogP contribution in [0.4, 0.5) is 5.69 Å². The molecule has 0 atom stereocenters. The van der Waals surface area contributed by atoms with E-state index in [1.165, 1.54) is 19.2 Å². The van der Waals surface area contributed by atoms with Gasteiger partial charge in [-0.05, 0) is 25.2 Å². The topological polar surface area (TPSA) is 72.2 Å². The largest absolute Gasteiger partial charge is 0.398 e. The van der Waals surface area contributed by atoms with Crippen LogP contribution in [0.5, 0.6) is 0 Å². The van der Waals surface area contributed by atoms with Crippen molar-refractivity contribution in [3.8, 4) is 0 Å². The van der Waals surface area contributed by atoms with E-state index in [1.54, 1.807) is 6.07 Å². The second-order valence-electron chi connectivity index (χ2n) is 2.43. The Bertz CT molecular complexity index is 415. The van der Waals surface area contributed by atoms with E-state index in [9.17, 15) is 8.42 Å². The zero-order valence-electron chi connectivity index (χ0n) is 6.98. The Morgan fingerprint density at radius 1 is 1.46 bits per heavy atom. The highest BCUT2D eigenvalue weighted by atomic mass is 32.2. The van der Waals surface area contributed by atoms with Crippen molar-refractivity contribution in [2.24, 2.45) is 0 Å². The van der Waals surface area contributed by atoms with Crippen LogP contribution < -0.4 is 10.5 Å². The molecule has 4 nitrogen and oxygen atoms in total. The van der Waals surface area contributed by atoms with E-state index in [4.69, 9.17) is 5.73 Å². The first-order chi connectivity index (χ1) is 5.97. The fraction of sp³-hybridized carbons (Fsp3) is 0.143. The third-order valence-corrected chi connectivity index (χ3v) is 3.40. The highest BCUT2D eigenvalue weighted by molar-refractivity contribution is 7.89. The molecule has 0 aliphatic rings. The number of hydrogen-bond donors (Lipinski definition) is 3. The lowest BCUT2D eigenvalue weighted by Crippen LogP contribution is -2.18. The van der Waals surface area contributed by atoms with Gasteiger partial charge >= 0.3 is 0 Å². The summed E-state index contributed by atoms with van der Waals surface area (Å²) in [5.41, 5.74) is 5.85. The third kappa shape index (κ3) is 2.15. The lowest BCUT2D eigenvalue weighted by Gasteiger charge is -2.04. The van der Waals surface area contributed by atoms with Crippen LogP contribution in [-0.4, -0.2) is 15.5 Å². The van der Waals surface area contributed by atoms with Gasteiger partial charge in [0.2, 0.25) is 10.0 Å². The summed E-state index contributed by atoms with van der Waals surface area (Å²) in [5.74, 6) is 0. The predicted octanol–water partition coefficient (Wildman–Crippen LogP) is 0.466. The van der Waals surface area contributed by atoms with Gasteiger partial charge in [-0.2, -0.15) is 0 Å². The summed E-state index contributed by atoms with van der Waals surface area (Å²) in [6.45, 7) is 0. The number of thiol groups is 1. The number of nitrogens with one attached hydrogen (secondary N) is 1. The van der Waals surface area contributed by atoms with Gasteiger partial charge in [-0.15, -0.1) is 12.6 Å². The molecule has 0 amide bonds. The summed E-state index contributed by atoms with van der Waals surface area (Å²) in [7, 11) is -2.05. The quantitative estimate of drug-likeness (QED) is 0.499. The normalized spacial score (nSPS) is 11.5. The molecule has 0 aliphatic carbocycles. The van der Waals surface area contributed by atoms with Gasteiger partial charge in [-0.3, -0.25) is 0 Å². The fourth-order valence-electron chi connectivity index (χ4n) is 0.818. The van der Waals surface area contributed by atoms with Crippen LogP contribution in [0.25, 0.3) is 0 Å². The summed E-state index contributed by atoms with van der Waals surface area (Å²) >= 11 is 4.03. The average Bonchev–Trinajstić information content (AvgIpc) is 2.09. The smallest absolute Gasteiger partial charge is 0.240 e. The maximum absolute atomic E-state index is 11.3. The Labute approximate surface area is 82.6 Å². The molecule has 13 heavy (non-hydrogen) atoms. The molecule has 1 aromatic carbocycles. The molecular formula is C7H10N2O2S2. The molecule has 0 radical (unpaired) electrons. The van der Waals surface area contributed by atoms with Crippen molar-refractivity contribution in [1.82, 2.24) is 4.72 Å². The first-order valence-electron chi connectivity index (χ1n) is 3.49. The Hall–Kier alpha value is -0.720. The molecule has 0 saturated heterocycles. The molecule has 1 aromatic rings. The van der Waals surface area contributed by atoms with Gasteiger partial charge in [-0.1, -0.05) is 0 Å². The Morgan fingerprint density at radius 3 is 2.54 bits per heavy atom. The van der Waals surface area contributed by atoms with Gasteiger partial charge in [0, 0.05) is 10.6 Å².